The summed E-state index contributed by atoms with van der Waals surface area (Å²) in [6.45, 7) is 0. The quantitative estimate of drug-likeness (QED) is 0.865. The van der Waals surface area contributed by atoms with Crippen molar-refractivity contribution in [2.45, 2.75) is 10.2 Å². The second kappa shape index (κ2) is 4.73. The summed E-state index contributed by atoms with van der Waals surface area (Å²) in [5.74, 6) is -1.19. The Bertz CT molecular complexity index is 539. The van der Waals surface area contributed by atoms with E-state index in [4.69, 9.17) is 16.7 Å². The van der Waals surface area contributed by atoms with Crippen LogP contribution in [0.2, 0.25) is 5.02 Å². The number of carboxylic acid groups (broad SMARTS) is 1. The SMILES string of the molecule is CS(=O)(=O)c1ccc(C(=O)O)c(Cl)c1CBr. The van der Waals surface area contributed by atoms with Crippen LogP contribution in [0.15, 0.2) is 17.0 Å². The second-order valence-corrected chi connectivity index (χ2v) is 6.04. The molecule has 16 heavy (non-hydrogen) atoms. The van der Waals surface area contributed by atoms with Gasteiger partial charge in [-0.05, 0) is 12.1 Å². The predicted octanol–water partition coefficient (Wildman–Crippen LogP) is 2.34. The summed E-state index contributed by atoms with van der Waals surface area (Å²) in [4.78, 5) is 10.8. The van der Waals surface area contributed by atoms with Crippen molar-refractivity contribution in [3.8, 4) is 0 Å². The maximum absolute atomic E-state index is 11.4. The Hall–Kier alpha value is -0.590. The van der Waals surface area contributed by atoms with Gasteiger partial charge in [0.25, 0.3) is 0 Å². The van der Waals surface area contributed by atoms with Gasteiger partial charge in [-0.15, -0.1) is 0 Å². The van der Waals surface area contributed by atoms with Crippen LogP contribution in [0, 0.1) is 0 Å². The lowest BCUT2D eigenvalue weighted by Gasteiger charge is -2.09. The molecule has 0 radical (unpaired) electrons. The highest BCUT2D eigenvalue weighted by molar-refractivity contribution is 9.08. The highest BCUT2D eigenvalue weighted by Gasteiger charge is 2.20. The number of rotatable bonds is 3. The Labute approximate surface area is 106 Å². The van der Waals surface area contributed by atoms with Gasteiger partial charge in [-0.3, -0.25) is 0 Å². The lowest BCUT2D eigenvalue weighted by molar-refractivity contribution is 0.0697. The molecule has 4 nitrogen and oxygen atoms in total. The van der Waals surface area contributed by atoms with E-state index in [1.807, 2.05) is 0 Å². The Kier molecular flexibility index (Phi) is 3.98. The van der Waals surface area contributed by atoms with Crippen LogP contribution in [-0.2, 0) is 15.2 Å². The third-order valence-electron chi connectivity index (χ3n) is 1.96. The molecule has 0 bridgehead atoms. The van der Waals surface area contributed by atoms with Gasteiger partial charge >= 0.3 is 5.97 Å². The zero-order valence-corrected chi connectivity index (χ0v) is 11.4. The van der Waals surface area contributed by atoms with Crippen LogP contribution in [-0.4, -0.2) is 25.7 Å². The molecule has 0 saturated heterocycles. The summed E-state index contributed by atoms with van der Waals surface area (Å²) < 4.78 is 22.8. The summed E-state index contributed by atoms with van der Waals surface area (Å²) in [5, 5.41) is 8.96. The molecular formula is C9H8BrClO4S. The van der Waals surface area contributed by atoms with Gasteiger partial charge in [0.2, 0.25) is 0 Å². The molecule has 1 aromatic carbocycles. The minimum atomic E-state index is -3.42. The van der Waals surface area contributed by atoms with Gasteiger partial charge in [-0.25, -0.2) is 13.2 Å². The molecule has 0 amide bonds. The van der Waals surface area contributed by atoms with Crippen LogP contribution in [0.3, 0.4) is 0 Å². The highest BCUT2D eigenvalue weighted by Crippen LogP contribution is 2.29. The summed E-state index contributed by atoms with van der Waals surface area (Å²) in [6.07, 6.45) is 1.05. The Morgan fingerprint density at radius 3 is 2.44 bits per heavy atom. The summed E-state index contributed by atoms with van der Waals surface area (Å²) in [6, 6.07) is 2.44. The number of sulfone groups is 1. The number of hydrogen-bond acceptors (Lipinski definition) is 3. The van der Waals surface area contributed by atoms with Crippen LogP contribution in [0.5, 0.6) is 0 Å². The molecular weight excluding hydrogens is 320 g/mol. The zero-order valence-electron chi connectivity index (χ0n) is 8.20. The van der Waals surface area contributed by atoms with Gasteiger partial charge < -0.3 is 5.11 Å². The first-order valence-corrected chi connectivity index (χ1v) is 7.48. The highest BCUT2D eigenvalue weighted by atomic mass is 79.9. The van der Waals surface area contributed by atoms with Crippen molar-refractivity contribution in [3.63, 3.8) is 0 Å². The lowest BCUT2D eigenvalue weighted by Crippen LogP contribution is -2.06. The number of carboxylic acids is 1. The average molecular weight is 328 g/mol. The first-order chi connectivity index (χ1) is 7.29. The lowest BCUT2D eigenvalue weighted by atomic mass is 10.1. The van der Waals surface area contributed by atoms with E-state index in [0.717, 1.165) is 6.26 Å². The number of carbonyl (C=O) groups is 1. The first-order valence-electron chi connectivity index (χ1n) is 4.09. The van der Waals surface area contributed by atoms with Crippen LogP contribution in [0.1, 0.15) is 15.9 Å². The molecule has 0 spiro atoms. The van der Waals surface area contributed by atoms with Gasteiger partial charge in [0.1, 0.15) is 0 Å². The van der Waals surface area contributed by atoms with Crippen molar-refractivity contribution in [1.82, 2.24) is 0 Å². The van der Waals surface area contributed by atoms with Gasteiger partial charge in [0.15, 0.2) is 9.84 Å². The Balaban J connectivity index is 3.60. The number of aromatic carboxylic acids is 1. The Morgan fingerprint density at radius 1 is 1.50 bits per heavy atom. The van der Waals surface area contributed by atoms with Gasteiger partial charge in [-0.1, -0.05) is 27.5 Å². The molecule has 0 aromatic heterocycles. The normalized spacial score (nSPS) is 11.4. The first kappa shape index (κ1) is 13.5. The maximum atomic E-state index is 11.4. The van der Waals surface area contributed by atoms with E-state index in [0.29, 0.717) is 0 Å². The molecule has 0 aliphatic heterocycles. The van der Waals surface area contributed by atoms with Crippen LogP contribution in [0.25, 0.3) is 0 Å². The minimum absolute atomic E-state index is 0.0411. The summed E-state index contributed by atoms with van der Waals surface area (Å²) >= 11 is 8.93. The van der Waals surface area contributed by atoms with Crippen molar-refractivity contribution < 1.29 is 18.3 Å². The number of hydrogen-bond donors (Lipinski definition) is 1. The monoisotopic (exact) mass is 326 g/mol. The zero-order chi connectivity index (χ0) is 12.5. The number of alkyl halides is 1. The van der Waals surface area contributed by atoms with Gasteiger partial charge in [-0.2, -0.15) is 0 Å². The molecule has 88 valence electrons. The van der Waals surface area contributed by atoms with E-state index in [-0.39, 0.29) is 26.4 Å². The van der Waals surface area contributed by atoms with Crippen LogP contribution in [0.4, 0.5) is 0 Å². The van der Waals surface area contributed by atoms with Crippen molar-refractivity contribution in [3.05, 3.63) is 28.3 Å². The van der Waals surface area contributed by atoms with E-state index in [1.54, 1.807) is 0 Å². The van der Waals surface area contributed by atoms with Gasteiger partial charge in [0.05, 0.1) is 15.5 Å². The van der Waals surface area contributed by atoms with Crippen LogP contribution >= 0.6 is 27.5 Å². The van der Waals surface area contributed by atoms with E-state index < -0.39 is 15.8 Å². The van der Waals surface area contributed by atoms with Crippen molar-refractivity contribution in [2.75, 3.05) is 6.26 Å². The van der Waals surface area contributed by atoms with Crippen molar-refractivity contribution >= 4 is 43.3 Å². The third-order valence-corrected chi connectivity index (χ3v) is 4.14. The van der Waals surface area contributed by atoms with E-state index in [9.17, 15) is 13.2 Å². The largest absolute Gasteiger partial charge is 0.478 e. The minimum Gasteiger partial charge on any atom is -0.478 e. The predicted molar refractivity (Wildman–Crippen MR) is 64.2 cm³/mol. The molecule has 0 fully saturated rings. The fraction of sp³-hybridized carbons (Fsp3) is 0.222. The van der Waals surface area contributed by atoms with E-state index in [2.05, 4.69) is 15.9 Å². The number of benzene rings is 1. The molecule has 0 heterocycles. The molecule has 7 heteroatoms. The second-order valence-electron chi connectivity index (χ2n) is 3.11. The molecule has 0 aliphatic carbocycles. The molecule has 1 aromatic rings. The molecule has 0 saturated carbocycles. The molecule has 1 N–H and O–H groups in total. The molecule has 0 unspecified atom stereocenters. The molecule has 0 aliphatic rings. The fourth-order valence-corrected chi connectivity index (χ4v) is 3.48. The summed E-state index contributed by atoms with van der Waals surface area (Å²) in [5.41, 5.74) is 0.160. The summed E-state index contributed by atoms with van der Waals surface area (Å²) in [7, 11) is -3.42. The topological polar surface area (TPSA) is 71.4 Å². The standard InChI is InChI=1S/C9H8BrClO4S/c1-16(14,15)7-3-2-5(9(12)13)8(11)6(7)4-10/h2-3H,4H2,1H3,(H,12,13). The van der Waals surface area contributed by atoms with E-state index in [1.165, 1.54) is 12.1 Å². The Morgan fingerprint density at radius 2 is 2.06 bits per heavy atom. The third kappa shape index (κ3) is 2.56. The maximum Gasteiger partial charge on any atom is 0.337 e. The van der Waals surface area contributed by atoms with Crippen LogP contribution < -0.4 is 0 Å². The molecule has 0 atom stereocenters. The fourth-order valence-electron chi connectivity index (χ4n) is 1.24. The van der Waals surface area contributed by atoms with Crippen molar-refractivity contribution in [1.29, 1.82) is 0 Å². The average Bonchev–Trinajstić information content (AvgIpc) is 2.15. The molecule has 1 rings (SSSR count). The smallest absolute Gasteiger partial charge is 0.337 e. The number of halogens is 2. The van der Waals surface area contributed by atoms with Crippen molar-refractivity contribution in [2.24, 2.45) is 0 Å². The van der Waals surface area contributed by atoms with Gasteiger partial charge in [0, 0.05) is 17.1 Å². The van der Waals surface area contributed by atoms with E-state index >= 15 is 0 Å².